The van der Waals surface area contributed by atoms with Crippen LogP contribution in [0.25, 0.3) is 5.65 Å². The zero-order valence-electron chi connectivity index (χ0n) is 19.2. The van der Waals surface area contributed by atoms with Gasteiger partial charge in [-0.15, -0.1) is 10.2 Å². The van der Waals surface area contributed by atoms with Gasteiger partial charge in [0.25, 0.3) is 5.91 Å². The number of halogens is 1. The molecular weight excluding hydrogens is 462 g/mol. The number of amides is 2. The molecule has 8 heteroatoms. The SMILES string of the molecule is O=C(NC(CC(=O)N1CCCC(c2nnc3ccccn23)C1)c1ccccc1)c1ccccc1Cl. The van der Waals surface area contributed by atoms with Gasteiger partial charge in [-0.1, -0.05) is 60.1 Å². The Morgan fingerprint density at radius 1 is 1.00 bits per heavy atom. The van der Waals surface area contributed by atoms with Crippen LogP contribution in [0, 0.1) is 0 Å². The lowest BCUT2D eigenvalue weighted by Crippen LogP contribution is -2.41. The Labute approximate surface area is 208 Å². The van der Waals surface area contributed by atoms with Gasteiger partial charge in [-0.3, -0.25) is 14.0 Å². The van der Waals surface area contributed by atoms with Gasteiger partial charge in [0.2, 0.25) is 5.91 Å². The topological polar surface area (TPSA) is 79.6 Å². The molecule has 0 saturated carbocycles. The summed E-state index contributed by atoms with van der Waals surface area (Å²) in [5.74, 6) is 0.684. The predicted molar refractivity (Wildman–Crippen MR) is 134 cm³/mol. The molecule has 2 unspecified atom stereocenters. The number of likely N-dealkylation sites (tertiary alicyclic amines) is 1. The number of piperidine rings is 1. The van der Waals surface area contributed by atoms with Crippen LogP contribution in [0.1, 0.15) is 53.0 Å². The number of carbonyl (C=O) groups excluding carboxylic acids is 2. The Kier molecular flexibility index (Phi) is 6.77. The lowest BCUT2D eigenvalue weighted by atomic mass is 9.95. The quantitative estimate of drug-likeness (QED) is 0.429. The third kappa shape index (κ3) is 5.05. The van der Waals surface area contributed by atoms with E-state index in [-0.39, 0.29) is 24.2 Å². The summed E-state index contributed by atoms with van der Waals surface area (Å²) < 4.78 is 2.00. The van der Waals surface area contributed by atoms with E-state index < -0.39 is 6.04 Å². The third-order valence-corrected chi connectivity index (χ3v) is 6.81. The molecule has 2 aromatic carbocycles. The fraction of sp³-hybridized carbons (Fsp3) is 0.259. The van der Waals surface area contributed by atoms with Crippen LogP contribution in [0.3, 0.4) is 0 Å². The first-order chi connectivity index (χ1) is 17.1. The molecule has 1 aliphatic rings. The normalized spacial score (nSPS) is 16.7. The number of pyridine rings is 1. The van der Waals surface area contributed by atoms with Crippen molar-refractivity contribution in [3.05, 3.63) is 101 Å². The van der Waals surface area contributed by atoms with Crippen LogP contribution in [0.15, 0.2) is 79.0 Å². The van der Waals surface area contributed by atoms with Crippen LogP contribution in [0.4, 0.5) is 0 Å². The van der Waals surface area contributed by atoms with Crippen LogP contribution in [0.2, 0.25) is 5.02 Å². The Balaban J connectivity index is 1.33. The van der Waals surface area contributed by atoms with E-state index in [4.69, 9.17) is 11.6 Å². The van der Waals surface area contributed by atoms with Crippen LogP contribution in [0.5, 0.6) is 0 Å². The molecule has 0 aliphatic carbocycles. The first-order valence-corrected chi connectivity index (χ1v) is 12.2. The summed E-state index contributed by atoms with van der Waals surface area (Å²) in [6, 6.07) is 21.8. The lowest BCUT2D eigenvalue weighted by molar-refractivity contribution is -0.133. The van der Waals surface area contributed by atoms with Crippen molar-refractivity contribution in [1.82, 2.24) is 24.8 Å². The standard InChI is InChI=1S/C27H26ClN5O2/c28-22-13-5-4-12-21(22)27(35)29-23(19-9-2-1-3-10-19)17-25(34)32-15-8-11-20(18-32)26-31-30-24-14-6-7-16-33(24)26/h1-7,9-10,12-14,16,20,23H,8,11,15,17-18H2,(H,29,35). The zero-order chi connectivity index (χ0) is 24.2. The molecule has 0 bridgehead atoms. The fourth-order valence-electron chi connectivity index (χ4n) is 4.68. The Morgan fingerprint density at radius 2 is 1.77 bits per heavy atom. The second-order valence-electron chi connectivity index (χ2n) is 8.79. The number of carbonyl (C=O) groups is 2. The van der Waals surface area contributed by atoms with E-state index in [0.717, 1.165) is 29.9 Å². The van der Waals surface area contributed by atoms with E-state index >= 15 is 0 Å². The van der Waals surface area contributed by atoms with E-state index in [1.54, 1.807) is 24.3 Å². The van der Waals surface area contributed by atoms with Crippen LogP contribution < -0.4 is 5.32 Å². The van der Waals surface area contributed by atoms with Crippen molar-refractivity contribution in [2.24, 2.45) is 0 Å². The Bertz CT molecular complexity index is 1340. The maximum Gasteiger partial charge on any atom is 0.253 e. The van der Waals surface area contributed by atoms with Gasteiger partial charge in [0.1, 0.15) is 5.82 Å². The van der Waals surface area contributed by atoms with Gasteiger partial charge in [-0.2, -0.15) is 0 Å². The van der Waals surface area contributed by atoms with Gasteiger partial charge >= 0.3 is 0 Å². The summed E-state index contributed by atoms with van der Waals surface area (Å²) in [4.78, 5) is 28.3. The summed E-state index contributed by atoms with van der Waals surface area (Å²) in [5.41, 5.74) is 2.06. The molecule has 1 aliphatic heterocycles. The number of hydrogen-bond donors (Lipinski definition) is 1. The Morgan fingerprint density at radius 3 is 2.60 bits per heavy atom. The van der Waals surface area contributed by atoms with E-state index in [0.29, 0.717) is 23.7 Å². The summed E-state index contributed by atoms with van der Waals surface area (Å²) in [6.45, 7) is 1.26. The number of benzene rings is 2. The minimum Gasteiger partial charge on any atom is -0.345 e. The number of rotatable bonds is 6. The van der Waals surface area contributed by atoms with Crippen LogP contribution in [-0.4, -0.2) is 44.4 Å². The molecule has 1 N–H and O–H groups in total. The van der Waals surface area contributed by atoms with Crippen LogP contribution in [-0.2, 0) is 4.79 Å². The van der Waals surface area contributed by atoms with E-state index in [9.17, 15) is 9.59 Å². The smallest absolute Gasteiger partial charge is 0.253 e. The fourth-order valence-corrected chi connectivity index (χ4v) is 4.90. The maximum atomic E-state index is 13.5. The molecule has 1 fully saturated rings. The molecule has 2 amide bonds. The predicted octanol–water partition coefficient (Wildman–Crippen LogP) is 4.65. The zero-order valence-corrected chi connectivity index (χ0v) is 19.9. The highest BCUT2D eigenvalue weighted by Gasteiger charge is 2.30. The van der Waals surface area contributed by atoms with Crippen molar-refractivity contribution in [2.75, 3.05) is 13.1 Å². The second kappa shape index (κ2) is 10.3. The van der Waals surface area contributed by atoms with Crippen molar-refractivity contribution in [1.29, 1.82) is 0 Å². The highest BCUT2D eigenvalue weighted by molar-refractivity contribution is 6.33. The summed E-state index contributed by atoms with van der Waals surface area (Å²) >= 11 is 6.23. The number of hydrogen-bond acceptors (Lipinski definition) is 4. The minimum absolute atomic E-state index is 0.00293. The summed E-state index contributed by atoms with van der Waals surface area (Å²) in [6.07, 6.45) is 3.96. The molecule has 2 atom stereocenters. The van der Waals surface area contributed by atoms with Crippen molar-refractivity contribution >= 4 is 29.1 Å². The second-order valence-corrected chi connectivity index (χ2v) is 9.19. The molecule has 35 heavy (non-hydrogen) atoms. The van der Waals surface area contributed by atoms with Crippen molar-refractivity contribution in [3.63, 3.8) is 0 Å². The van der Waals surface area contributed by atoms with Gasteiger partial charge < -0.3 is 10.2 Å². The van der Waals surface area contributed by atoms with Crippen molar-refractivity contribution in [3.8, 4) is 0 Å². The maximum absolute atomic E-state index is 13.5. The molecule has 0 radical (unpaired) electrons. The van der Waals surface area contributed by atoms with Gasteiger partial charge in [-0.25, -0.2) is 0 Å². The third-order valence-electron chi connectivity index (χ3n) is 6.48. The molecule has 5 rings (SSSR count). The molecule has 1 saturated heterocycles. The highest BCUT2D eigenvalue weighted by atomic mass is 35.5. The summed E-state index contributed by atoms with van der Waals surface area (Å²) in [7, 11) is 0. The van der Waals surface area contributed by atoms with Gasteiger partial charge in [0, 0.05) is 25.2 Å². The minimum atomic E-state index is -0.471. The first-order valence-electron chi connectivity index (χ1n) is 11.8. The Hall–Kier alpha value is -3.71. The van der Waals surface area contributed by atoms with Crippen molar-refractivity contribution < 1.29 is 9.59 Å². The average Bonchev–Trinajstić information content (AvgIpc) is 3.33. The van der Waals surface area contributed by atoms with E-state index in [1.165, 1.54) is 0 Å². The number of nitrogens with zero attached hydrogens (tertiary/aromatic N) is 4. The van der Waals surface area contributed by atoms with Gasteiger partial charge in [0.05, 0.1) is 23.0 Å². The highest BCUT2D eigenvalue weighted by Crippen LogP contribution is 2.28. The first kappa shape index (κ1) is 23.1. The molecule has 3 heterocycles. The number of aromatic nitrogens is 3. The molecule has 178 valence electrons. The van der Waals surface area contributed by atoms with Gasteiger partial charge in [0.15, 0.2) is 5.65 Å². The van der Waals surface area contributed by atoms with Crippen LogP contribution >= 0.6 is 11.6 Å². The molecule has 0 spiro atoms. The molecule has 7 nitrogen and oxygen atoms in total. The van der Waals surface area contributed by atoms with Crippen molar-refractivity contribution in [2.45, 2.75) is 31.2 Å². The summed E-state index contributed by atoms with van der Waals surface area (Å²) in [5, 5.41) is 12.1. The molecular formula is C27H26ClN5O2. The number of nitrogens with one attached hydrogen (secondary N) is 1. The van der Waals surface area contributed by atoms with E-state index in [2.05, 4.69) is 15.5 Å². The number of fused-ring (bicyclic) bond motifs is 1. The largest absolute Gasteiger partial charge is 0.345 e. The van der Waals surface area contributed by atoms with Gasteiger partial charge in [-0.05, 0) is 42.7 Å². The molecule has 4 aromatic rings. The molecule has 2 aromatic heterocycles. The average molecular weight is 488 g/mol. The van der Waals surface area contributed by atoms with E-state index in [1.807, 2.05) is 64.0 Å². The monoisotopic (exact) mass is 487 g/mol. The lowest BCUT2D eigenvalue weighted by Gasteiger charge is -2.33.